The third-order valence-corrected chi connectivity index (χ3v) is 5.39. The first-order chi connectivity index (χ1) is 11.8. The van der Waals surface area contributed by atoms with Crippen molar-refractivity contribution in [3.63, 3.8) is 0 Å². The fraction of sp³-hybridized carbons (Fsp3) is 0.0625. The van der Waals surface area contributed by atoms with Gasteiger partial charge >= 0.3 is 5.97 Å². The first-order valence-electron chi connectivity index (χ1n) is 6.87. The van der Waals surface area contributed by atoms with Gasteiger partial charge in [-0.3, -0.25) is 14.5 Å². The molecule has 9 heteroatoms. The third kappa shape index (κ3) is 3.90. The van der Waals surface area contributed by atoms with E-state index in [0.717, 1.165) is 22.2 Å². The molecule has 1 aromatic heterocycles. The largest absolute Gasteiger partial charge is 0.480 e. The van der Waals surface area contributed by atoms with Crippen molar-refractivity contribution in [1.82, 2.24) is 4.90 Å². The number of amides is 1. The Morgan fingerprint density at radius 3 is 2.72 bits per heavy atom. The number of carboxylic acids is 1. The quantitative estimate of drug-likeness (QED) is 0.585. The molecular formula is C16H9Cl2NO4S2. The van der Waals surface area contributed by atoms with Crippen LogP contribution in [0.3, 0.4) is 0 Å². The maximum absolute atomic E-state index is 12.2. The number of carbonyl (C=O) groups excluding carboxylic acids is 1. The molecule has 1 aliphatic rings. The molecule has 0 atom stereocenters. The van der Waals surface area contributed by atoms with Crippen LogP contribution in [0.25, 0.3) is 17.4 Å². The molecule has 2 heterocycles. The van der Waals surface area contributed by atoms with Crippen LogP contribution >= 0.6 is 47.2 Å². The van der Waals surface area contributed by atoms with Gasteiger partial charge in [-0.05, 0) is 30.3 Å². The summed E-state index contributed by atoms with van der Waals surface area (Å²) in [5.74, 6) is -0.579. The topological polar surface area (TPSA) is 70.8 Å². The Kier molecular flexibility index (Phi) is 5.19. The molecule has 5 nitrogen and oxygen atoms in total. The van der Waals surface area contributed by atoms with Gasteiger partial charge in [-0.25, -0.2) is 0 Å². The lowest BCUT2D eigenvalue weighted by Crippen LogP contribution is -2.33. The van der Waals surface area contributed by atoms with E-state index in [4.69, 9.17) is 44.9 Å². The Balaban J connectivity index is 1.84. The van der Waals surface area contributed by atoms with Crippen molar-refractivity contribution in [1.29, 1.82) is 0 Å². The van der Waals surface area contributed by atoms with Crippen molar-refractivity contribution in [2.45, 2.75) is 0 Å². The van der Waals surface area contributed by atoms with Crippen LogP contribution in [-0.2, 0) is 9.59 Å². The first kappa shape index (κ1) is 18.0. The second-order valence-corrected chi connectivity index (χ2v) is 7.48. The van der Waals surface area contributed by atoms with Crippen molar-refractivity contribution in [3.05, 3.63) is 51.0 Å². The normalized spacial score (nSPS) is 16.1. The zero-order chi connectivity index (χ0) is 18.1. The molecule has 25 heavy (non-hydrogen) atoms. The smallest absolute Gasteiger partial charge is 0.323 e. The van der Waals surface area contributed by atoms with Crippen molar-refractivity contribution in [2.75, 3.05) is 6.54 Å². The molecule has 0 aliphatic carbocycles. The summed E-state index contributed by atoms with van der Waals surface area (Å²) in [4.78, 5) is 24.4. The van der Waals surface area contributed by atoms with Gasteiger partial charge in [-0.15, -0.1) is 0 Å². The van der Waals surface area contributed by atoms with Gasteiger partial charge in [0.15, 0.2) is 0 Å². The van der Waals surface area contributed by atoms with Crippen LogP contribution in [-0.4, -0.2) is 32.7 Å². The Hall–Kier alpha value is -1.80. The predicted molar refractivity (Wildman–Crippen MR) is 102 cm³/mol. The fourth-order valence-corrected chi connectivity index (χ4v) is 3.67. The molecular weight excluding hydrogens is 405 g/mol. The summed E-state index contributed by atoms with van der Waals surface area (Å²) in [5, 5.41) is 9.69. The summed E-state index contributed by atoms with van der Waals surface area (Å²) in [6.07, 6.45) is 1.53. The second kappa shape index (κ2) is 7.21. The van der Waals surface area contributed by atoms with Gasteiger partial charge in [0.05, 0.1) is 15.0 Å². The Morgan fingerprint density at radius 2 is 2.04 bits per heavy atom. The van der Waals surface area contributed by atoms with E-state index in [9.17, 15) is 9.59 Å². The molecule has 0 saturated carbocycles. The number of halogens is 2. The van der Waals surface area contributed by atoms with E-state index in [2.05, 4.69) is 0 Å². The van der Waals surface area contributed by atoms with Gasteiger partial charge in [0.2, 0.25) is 0 Å². The third-order valence-electron chi connectivity index (χ3n) is 3.27. The lowest BCUT2D eigenvalue weighted by atomic mass is 10.2. The highest BCUT2D eigenvalue weighted by Crippen LogP contribution is 2.34. The zero-order valence-corrected chi connectivity index (χ0v) is 15.5. The summed E-state index contributed by atoms with van der Waals surface area (Å²) in [5.41, 5.74) is 0.743. The molecule has 0 radical (unpaired) electrons. The maximum Gasteiger partial charge on any atom is 0.323 e. The molecule has 1 amide bonds. The highest BCUT2D eigenvalue weighted by molar-refractivity contribution is 8.26. The molecule has 0 unspecified atom stereocenters. The van der Waals surface area contributed by atoms with Crippen molar-refractivity contribution >= 4 is 69.5 Å². The zero-order valence-electron chi connectivity index (χ0n) is 12.4. The van der Waals surface area contributed by atoms with E-state index >= 15 is 0 Å². The highest BCUT2D eigenvalue weighted by atomic mass is 35.5. The Morgan fingerprint density at radius 1 is 1.28 bits per heavy atom. The number of aliphatic carboxylic acids is 1. The minimum Gasteiger partial charge on any atom is -0.480 e. The van der Waals surface area contributed by atoms with E-state index in [1.54, 1.807) is 30.3 Å². The number of benzene rings is 1. The van der Waals surface area contributed by atoms with E-state index in [-0.39, 0.29) is 4.32 Å². The monoisotopic (exact) mass is 413 g/mol. The van der Waals surface area contributed by atoms with Crippen LogP contribution in [0.2, 0.25) is 10.0 Å². The van der Waals surface area contributed by atoms with Gasteiger partial charge in [-0.2, -0.15) is 0 Å². The standard InChI is InChI=1S/C16H9Cl2NO4S2/c17-10-3-1-8(5-11(10)18)12-4-2-9(23-12)6-13-15(22)19(7-14(20)21)16(24)25-13/h1-6H,7H2,(H,20,21)/b13-6+. The summed E-state index contributed by atoms with van der Waals surface area (Å²) in [6, 6.07) is 8.55. The molecule has 3 rings (SSSR count). The number of thioether (sulfide) groups is 1. The molecule has 0 spiro atoms. The number of rotatable bonds is 4. The number of hydrogen-bond acceptors (Lipinski definition) is 5. The summed E-state index contributed by atoms with van der Waals surface area (Å²) >= 11 is 18.0. The van der Waals surface area contributed by atoms with Gasteiger partial charge < -0.3 is 9.52 Å². The van der Waals surface area contributed by atoms with Gasteiger partial charge in [0.1, 0.15) is 22.4 Å². The average Bonchev–Trinajstić information content (AvgIpc) is 3.11. The van der Waals surface area contributed by atoms with Crippen molar-refractivity contribution in [2.24, 2.45) is 0 Å². The fourth-order valence-electron chi connectivity index (χ4n) is 2.14. The number of thiocarbonyl (C=S) groups is 1. The maximum atomic E-state index is 12.2. The molecule has 2 aromatic rings. The van der Waals surface area contributed by atoms with E-state index in [0.29, 0.717) is 26.5 Å². The molecule has 1 aliphatic heterocycles. The van der Waals surface area contributed by atoms with Crippen LogP contribution in [0.15, 0.2) is 39.7 Å². The average molecular weight is 414 g/mol. The van der Waals surface area contributed by atoms with E-state index in [1.165, 1.54) is 6.08 Å². The summed E-state index contributed by atoms with van der Waals surface area (Å²) in [7, 11) is 0. The summed E-state index contributed by atoms with van der Waals surface area (Å²) < 4.78 is 5.91. The number of furan rings is 1. The number of hydrogen-bond donors (Lipinski definition) is 1. The van der Waals surface area contributed by atoms with Crippen molar-refractivity contribution < 1.29 is 19.1 Å². The lowest BCUT2D eigenvalue weighted by molar-refractivity contribution is -0.140. The van der Waals surface area contributed by atoms with E-state index in [1.807, 2.05) is 0 Å². The van der Waals surface area contributed by atoms with Gasteiger partial charge in [-0.1, -0.05) is 47.2 Å². The first-order valence-corrected chi connectivity index (χ1v) is 8.85. The van der Waals surface area contributed by atoms with Crippen LogP contribution in [0.5, 0.6) is 0 Å². The SMILES string of the molecule is O=C(O)CN1C(=O)/C(=C\c2ccc(-c3ccc(Cl)c(Cl)c3)o2)SC1=S. The minimum atomic E-state index is -1.13. The van der Waals surface area contributed by atoms with Crippen LogP contribution in [0.4, 0.5) is 0 Å². The van der Waals surface area contributed by atoms with Gasteiger partial charge in [0, 0.05) is 11.6 Å². The number of carbonyl (C=O) groups is 2. The molecule has 1 N–H and O–H groups in total. The van der Waals surface area contributed by atoms with Crippen LogP contribution < -0.4 is 0 Å². The van der Waals surface area contributed by atoms with Gasteiger partial charge in [0.25, 0.3) is 5.91 Å². The Bertz CT molecular complexity index is 923. The molecule has 128 valence electrons. The highest BCUT2D eigenvalue weighted by Gasteiger charge is 2.33. The molecule has 0 bridgehead atoms. The molecule has 1 fully saturated rings. The number of nitrogens with zero attached hydrogens (tertiary/aromatic N) is 1. The lowest BCUT2D eigenvalue weighted by Gasteiger charge is -2.09. The Labute approximate surface area is 162 Å². The summed E-state index contributed by atoms with van der Waals surface area (Å²) in [6.45, 7) is -0.464. The number of carboxylic acid groups (broad SMARTS) is 1. The van der Waals surface area contributed by atoms with Crippen molar-refractivity contribution in [3.8, 4) is 11.3 Å². The second-order valence-electron chi connectivity index (χ2n) is 4.99. The minimum absolute atomic E-state index is 0.204. The molecule has 1 aromatic carbocycles. The molecule has 1 saturated heterocycles. The van der Waals surface area contributed by atoms with Crippen LogP contribution in [0, 0.1) is 0 Å². The van der Waals surface area contributed by atoms with E-state index < -0.39 is 18.4 Å². The van der Waals surface area contributed by atoms with Crippen LogP contribution in [0.1, 0.15) is 5.76 Å². The predicted octanol–water partition coefficient (Wildman–Crippen LogP) is 4.54.